The summed E-state index contributed by atoms with van der Waals surface area (Å²) in [4.78, 5) is 9.84. The fraction of sp³-hybridized carbons (Fsp3) is 0.455. The molecule has 8 heteroatoms. The number of benzene rings is 1. The van der Waals surface area contributed by atoms with Crippen LogP contribution in [0.5, 0.6) is 0 Å². The molecule has 19 heavy (non-hydrogen) atoms. The summed E-state index contributed by atoms with van der Waals surface area (Å²) in [6.45, 7) is 1.74. The lowest BCUT2D eigenvalue weighted by Crippen LogP contribution is -2.61. The number of β-amino-alcohol motifs (C(OH)–C–C–N with tert-alkyl or cyclic N) is 1. The fourth-order valence-corrected chi connectivity index (χ4v) is 4.11. The summed E-state index contributed by atoms with van der Waals surface area (Å²) >= 11 is 0. The highest BCUT2D eigenvalue weighted by Crippen LogP contribution is 2.33. The van der Waals surface area contributed by atoms with Crippen LogP contribution >= 0.6 is 0 Å². The first-order valence-electron chi connectivity index (χ1n) is 5.83. The number of sulfonamides is 1. The van der Waals surface area contributed by atoms with Gasteiger partial charge in [0.25, 0.3) is 5.69 Å². The first-order chi connectivity index (χ1) is 8.89. The molecular weight excluding hydrogens is 272 g/mol. The van der Waals surface area contributed by atoms with E-state index in [9.17, 15) is 23.6 Å². The van der Waals surface area contributed by atoms with Gasteiger partial charge in [0.15, 0.2) is 4.90 Å². The third-order valence-corrected chi connectivity index (χ3v) is 5.19. The molecule has 0 aromatic heterocycles. The molecule has 1 aliphatic heterocycles. The monoisotopic (exact) mass is 286 g/mol. The Labute approximate surface area is 110 Å². The molecule has 1 fully saturated rings. The quantitative estimate of drug-likeness (QED) is 0.650. The van der Waals surface area contributed by atoms with Crippen molar-refractivity contribution in [1.82, 2.24) is 4.31 Å². The first-order valence-corrected chi connectivity index (χ1v) is 7.27. The summed E-state index contributed by atoms with van der Waals surface area (Å²) in [6, 6.07) is 4.72. The summed E-state index contributed by atoms with van der Waals surface area (Å²) in [5.74, 6) is 0. The summed E-state index contributed by atoms with van der Waals surface area (Å²) in [6.07, 6.45) is -0.247. The largest absolute Gasteiger partial charge is 0.390 e. The molecule has 1 aromatic carbocycles. The fourth-order valence-electron chi connectivity index (χ4n) is 2.20. The third-order valence-electron chi connectivity index (χ3n) is 3.25. The van der Waals surface area contributed by atoms with Crippen molar-refractivity contribution in [2.75, 3.05) is 6.54 Å². The van der Waals surface area contributed by atoms with Crippen molar-refractivity contribution in [2.45, 2.75) is 30.4 Å². The maximum Gasteiger partial charge on any atom is 0.289 e. The summed E-state index contributed by atoms with van der Waals surface area (Å²) in [5.41, 5.74) is -0.446. The van der Waals surface area contributed by atoms with Gasteiger partial charge in [0.05, 0.1) is 17.1 Å². The van der Waals surface area contributed by atoms with E-state index in [1.165, 1.54) is 18.2 Å². The van der Waals surface area contributed by atoms with Crippen LogP contribution in [0.1, 0.15) is 13.3 Å². The molecule has 1 heterocycles. The van der Waals surface area contributed by atoms with Gasteiger partial charge in [-0.2, -0.15) is 4.31 Å². The van der Waals surface area contributed by atoms with Crippen molar-refractivity contribution in [1.29, 1.82) is 0 Å². The SMILES string of the molecule is CC[C@H]1[C@@H](O)CN1S(=O)(=O)c1ccccc1[N+](=O)[O-]. The van der Waals surface area contributed by atoms with Crippen molar-refractivity contribution in [3.63, 3.8) is 0 Å². The molecule has 1 N–H and O–H groups in total. The second kappa shape index (κ2) is 4.87. The van der Waals surface area contributed by atoms with Gasteiger partial charge in [-0.25, -0.2) is 8.42 Å². The number of hydrogen-bond donors (Lipinski definition) is 1. The molecule has 2 rings (SSSR count). The number of nitro benzene ring substituents is 1. The average molecular weight is 286 g/mol. The van der Waals surface area contributed by atoms with Crippen LogP contribution in [0.25, 0.3) is 0 Å². The third kappa shape index (κ3) is 2.22. The van der Waals surface area contributed by atoms with Gasteiger partial charge in [0.2, 0.25) is 10.0 Å². The van der Waals surface area contributed by atoms with Gasteiger partial charge in [0.1, 0.15) is 0 Å². The van der Waals surface area contributed by atoms with Crippen molar-refractivity contribution >= 4 is 15.7 Å². The standard InChI is InChI=1S/C11H14N2O5S/c1-2-8-10(14)7-12(8)19(17,18)11-6-4-3-5-9(11)13(15)16/h3-6,8,10,14H,2,7H2,1H3/t8-,10-/m0/s1. The maximum atomic E-state index is 12.4. The second-order valence-electron chi connectivity index (χ2n) is 4.34. The molecule has 0 spiro atoms. The number of aliphatic hydroxyl groups excluding tert-OH is 1. The van der Waals surface area contributed by atoms with E-state index in [1.54, 1.807) is 6.92 Å². The minimum atomic E-state index is -3.94. The minimum Gasteiger partial charge on any atom is -0.390 e. The number of rotatable bonds is 4. The second-order valence-corrected chi connectivity index (χ2v) is 6.20. The van der Waals surface area contributed by atoms with Crippen LogP contribution in [0.15, 0.2) is 29.2 Å². The molecule has 104 valence electrons. The van der Waals surface area contributed by atoms with Crippen molar-refractivity contribution in [3.05, 3.63) is 34.4 Å². The molecule has 0 radical (unpaired) electrons. The highest BCUT2D eigenvalue weighted by atomic mass is 32.2. The van der Waals surface area contributed by atoms with Crippen LogP contribution in [-0.2, 0) is 10.0 Å². The molecule has 7 nitrogen and oxygen atoms in total. The Morgan fingerprint density at radius 1 is 1.47 bits per heavy atom. The molecule has 2 atom stereocenters. The molecule has 1 saturated heterocycles. The van der Waals surface area contributed by atoms with Crippen LogP contribution in [-0.4, -0.2) is 41.4 Å². The highest BCUT2D eigenvalue weighted by molar-refractivity contribution is 7.89. The number of hydrogen-bond acceptors (Lipinski definition) is 5. The molecule has 0 saturated carbocycles. The molecule has 1 aromatic rings. The van der Waals surface area contributed by atoms with E-state index in [-0.39, 0.29) is 11.4 Å². The van der Waals surface area contributed by atoms with Crippen LogP contribution in [0.2, 0.25) is 0 Å². The Bertz CT molecular complexity index is 601. The predicted octanol–water partition coefficient (Wildman–Crippen LogP) is 0.739. The summed E-state index contributed by atoms with van der Waals surface area (Å²) in [7, 11) is -3.94. The Hall–Kier alpha value is -1.51. The van der Waals surface area contributed by atoms with Crippen LogP contribution < -0.4 is 0 Å². The molecule has 0 bridgehead atoms. The number of nitro groups is 1. The Balaban J connectivity index is 2.44. The topological polar surface area (TPSA) is 101 Å². The van der Waals surface area contributed by atoms with Crippen molar-refractivity contribution in [2.24, 2.45) is 0 Å². The Kier molecular flexibility index (Phi) is 3.57. The molecule has 0 unspecified atom stereocenters. The summed E-state index contributed by atoms with van der Waals surface area (Å²) in [5, 5.41) is 20.4. The van der Waals surface area contributed by atoms with Crippen molar-refractivity contribution in [3.8, 4) is 0 Å². The van der Waals surface area contributed by atoms with E-state index in [2.05, 4.69) is 0 Å². The lowest BCUT2D eigenvalue weighted by Gasteiger charge is -2.43. The van der Waals surface area contributed by atoms with Gasteiger partial charge < -0.3 is 5.11 Å². The van der Waals surface area contributed by atoms with Gasteiger partial charge in [0, 0.05) is 12.6 Å². The zero-order chi connectivity index (χ0) is 14.2. The predicted molar refractivity (Wildman–Crippen MR) is 67.1 cm³/mol. The lowest BCUT2D eigenvalue weighted by atomic mass is 10.0. The van der Waals surface area contributed by atoms with Gasteiger partial charge >= 0.3 is 0 Å². The van der Waals surface area contributed by atoms with Crippen molar-refractivity contribution < 1.29 is 18.4 Å². The summed E-state index contributed by atoms with van der Waals surface area (Å²) < 4.78 is 25.8. The van der Waals surface area contributed by atoms with E-state index in [4.69, 9.17) is 0 Å². The van der Waals surface area contributed by atoms with Gasteiger partial charge in [-0.05, 0) is 12.5 Å². The number of aliphatic hydroxyl groups is 1. The van der Waals surface area contributed by atoms with E-state index in [1.807, 2.05) is 0 Å². The van der Waals surface area contributed by atoms with E-state index in [0.29, 0.717) is 6.42 Å². The molecule has 0 amide bonds. The Morgan fingerprint density at radius 2 is 2.11 bits per heavy atom. The Morgan fingerprint density at radius 3 is 2.63 bits per heavy atom. The molecular formula is C11H14N2O5S. The zero-order valence-electron chi connectivity index (χ0n) is 10.3. The van der Waals surface area contributed by atoms with Crippen LogP contribution in [0, 0.1) is 10.1 Å². The molecule has 0 aliphatic carbocycles. The van der Waals surface area contributed by atoms with E-state index in [0.717, 1.165) is 10.4 Å². The maximum absolute atomic E-state index is 12.4. The number of para-hydroxylation sites is 1. The van der Waals surface area contributed by atoms with E-state index >= 15 is 0 Å². The average Bonchev–Trinajstić information content (AvgIpc) is 2.36. The van der Waals surface area contributed by atoms with Gasteiger partial charge in [-0.1, -0.05) is 19.1 Å². The van der Waals surface area contributed by atoms with Gasteiger partial charge in [-0.15, -0.1) is 0 Å². The smallest absolute Gasteiger partial charge is 0.289 e. The van der Waals surface area contributed by atoms with Gasteiger partial charge in [-0.3, -0.25) is 10.1 Å². The number of nitrogens with zero attached hydrogens (tertiary/aromatic N) is 2. The zero-order valence-corrected chi connectivity index (χ0v) is 11.1. The molecule has 1 aliphatic rings. The minimum absolute atomic E-state index is 0.0209. The van der Waals surface area contributed by atoms with Crippen LogP contribution in [0.4, 0.5) is 5.69 Å². The van der Waals surface area contributed by atoms with Crippen LogP contribution in [0.3, 0.4) is 0 Å². The lowest BCUT2D eigenvalue weighted by molar-refractivity contribution is -0.387. The van der Waals surface area contributed by atoms with E-state index < -0.39 is 32.8 Å². The first kappa shape index (κ1) is 13.9. The highest BCUT2D eigenvalue weighted by Gasteiger charge is 2.46. The normalized spacial score (nSPS) is 23.9.